The molecule has 0 fully saturated rings. The first-order chi connectivity index (χ1) is 10.1. The first-order valence-electron chi connectivity index (χ1n) is 8.05. The standard InChI is InChI=1S/C20H30O3/c1-18(2,3)16(21)13-10-11-14(17(22)19(4,5)6)15(12-13)23-20(7,8)9/h10-12H,1-9H3. The summed E-state index contributed by atoms with van der Waals surface area (Å²) in [6.45, 7) is 17.1. The summed E-state index contributed by atoms with van der Waals surface area (Å²) in [4.78, 5) is 25.2. The largest absolute Gasteiger partial charge is 0.487 e. The van der Waals surface area contributed by atoms with Gasteiger partial charge < -0.3 is 4.74 Å². The summed E-state index contributed by atoms with van der Waals surface area (Å²) < 4.78 is 5.98. The molecule has 0 bridgehead atoms. The summed E-state index contributed by atoms with van der Waals surface area (Å²) >= 11 is 0. The topological polar surface area (TPSA) is 43.4 Å². The number of rotatable bonds is 3. The van der Waals surface area contributed by atoms with E-state index in [2.05, 4.69) is 0 Å². The summed E-state index contributed by atoms with van der Waals surface area (Å²) in [5, 5.41) is 0. The highest BCUT2D eigenvalue weighted by Crippen LogP contribution is 2.32. The third-order valence-electron chi connectivity index (χ3n) is 3.27. The van der Waals surface area contributed by atoms with Crippen LogP contribution in [0.4, 0.5) is 0 Å². The molecule has 0 spiro atoms. The van der Waals surface area contributed by atoms with E-state index in [9.17, 15) is 9.59 Å². The van der Waals surface area contributed by atoms with Crippen molar-refractivity contribution in [3.63, 3.8) is 0 Å². The summed E-state index contributed by atoms with van der Waals surface area (Å²) in [5.74, 6) is 0.519. The first kappa shape index (κ1) is 19.4. The Morgan fingerprint density at radius 1 is 0.783 bits per heavy atom. The van der Waals surface area contributed by atoms with Crippen LogP contribution in [-0.4, -0.2) is 17.2 Å². The minimum absolute atomic E-state index is 0.00603. The van der Waals surface area contributed by atoms with Crippen molar-refractivity contribution < 1.29 is 14.3 Å². The molecule has 0 radical (unpaired) electrons. The Bertz CT molecular complexity index is 605. The van der Waals surface area contributed by atoms with E-state index >= 15 is 0 Å². The number of carbonyl (C=O) groups is 2. The van der Waals surface area contributed by atoms with Crippen molar-refractivity contribution in [2.75, 3.05) is 0 Å². The summed E-state index contributed by atoms with van der Waals surface area (Å²) in [5.41, 5.74) is -0.337. The molecule has 23 heavy (non-hydrogen) atoms. The predicted octanol–water partition coefficient (Wildman–Crippen LogP) is 5.32. The number of carbonyl (C=O) groups excluding carboxylic acids is 2. The maximum Gasteiger partial charge on any atom is 0.171 e. The molecule has 0 unspecified atom stereocenters. The van der Waals surface area contributed by atoms with Gasteiger partial charge in [0.2, 0.25) is 0 Å². The quantitative estimate of drug-likeness (QED) is 0.708. The van der Waals surface area contributed by atoms with Crippen molar-refractivity contribution in [2.24, 2.45) is 10.8 Å². The Morgan fingerprint density at radius 2 is 1.26 bits per heavy atom. The maximum atomic E-state index is 12.7. The van der Waals surface area contributed by atoms with Gasteiger partial charge >= 0.3 is 0 Å². The summed E-state index contributed by atoms with van der Waals surface area (Å²) in [6, 6.07) is 5.15. The highest BCUT2D eigenvalue weighted by molar-refractivity contribution is 6.05. The Hall–Kier alpha value is -1.64. The molecule has 0 aliphatic heterocycles. The first-order valence-corrected chi connectivity index (χ1v) is 8.05. The normalized spacial score (nSPS) is 12.9. The Balaban J connectivity index is 3.44. The van der Waals surface area contributed by atoms with Gasteiger partial charge in [-0.2, -0.15) is 0 Å². The highest BCUT2D eigenvalue weighted by atomic mass is 16.5. The highest BCUT2D eigenvalue weighted by Gasteiger charge is 2.29. The fourth-order valence-electron chi connectivity index (χ4n) is 2.10. The molecule has 3 heteroatoms. The molecule has 0 aromatic heterocycles. The van der Waals surface area contributed by atoms with Crippen LogP contribution in [0.5, 0.6) is 5.75 Å². The molecule has 0 saturated heterocycles. The van der Waals surface area contributed by atoms with E-state index < -0.39 is 16.4 Å². The van der Waals surface area contributed by atoms with Crippen LogP contribution in [0, 0.1) is 10.8 Å². The molecular weight excluding hydrogens is 288 g/mol. The third kappa shape index (κ3) is 5.19. The van der Waals surface area contributed by atoms with Crippen LogP contribution < -0.4 is 4.74 Å². The van der Waals surface area contributed by atoms with Crippen LogP contribution in [-0.2, 0) is 0 Å². The second kappa shape index (κ2) is 6.10. The lowest BCUT2D eigenvalue weighted by molar-refractivity contribution is 0.0829. The van der Waals surface area contributed by atoms with Crippen molar-refractivity contribution in [1.29, 1.82) is 0 Å². The molecule has 0 N–H and O–H groups in total. The monoisotopic (exact) mass is 318 g/mol. The minimum atomic E-state index is -0.508. The van der Waals surface area contributed by atoms with Crippen molar-refractivity contribution in [1.82, 2.24) is 0 Å². The summed E-state index contributed by atoms with van der Waals surface area (Å²) in [7, 11) is 0. The van der Waals surface area contributed by atoms with Gasteiger partial charge in [-0.05, 0) is 32.9 Å². The average molecular weight is 318 g/mol. The maximum absolute atomic E-state index is 12.7. The van der Waals surface area contributed by atoms with Gasteiger partial charge in [-0.1, -0.05) is 47.6 Å². The van der Waals surface area contributed by atoms with Gasteiger partial charge in [0.15, 0.2) is 11.6 Å². The smallest absolute Gasteiger partial charge is 0.171 e. The Morgan fingerprint density at radius 3 is 1.65 bits per heavy atom. The molecule has 0 saturated carbocycles. The van der Waals surface area contributed by atoms with Gasteiger partial charge in [0, 0.05) is 16.4 Å². The van der Waals surface area contributed by atoms with E-state index in [1.807, 2.05) is 62.3 Å². The lowest BCUT2D eigenvalue weighted by atomic mass is 9.83. The van der Waals surface area contributed by atoms with Crippen LogP contribution in [0.1, 0.15) is 83.0 Å². The number of ether oxygens (including phenoxy) is 1. The second-order valence-corrected chi connectivity index (χ2v) is 9.08. The lowest BCUT2D eigenvalue weighted by Gasteiger charge is -2.26. The average Bonchev–Trinajstić information content (AvgIpc) is 2.32. The van der Waals surface area contributed by atoms with E-state index in [-0.39, 0.29) is 11.6 Å². The van der Waals surface area contributed by atoms with Crippen LogP contribution in [0.2, 0.25) is 0 Å². The fraction of sp³-hybridized carbons (Fsp3) is 0.600. The molecule has 1 rings (SSSR count). The molecule has 3 nitrogen and oxygen atoms in total. The molecule has 0 aliphatic rings. The number of Topliss-reactive ketones (excluding diaryl/α,β-unsaturated/α-hetero) is 2. The molecule has 0 amide bonds. The van der Waals surface area contributed by atoms with E-state index in [0.717, 1.165) is 0 Å². The van der Waals surface area contributed by atoms with Gasteiger partial charge in [-0.15, -0.1) is 0 Å². The fourth-order valence-corrected chi connectivity index (χ4v) is 2.10. The molecule has 1 aromatic carbocycles. The lowest BCUT2D eigenvalue weighted by Crippen LogP contribution is -2.27. The van der Waals surface area contributed by atoms with Crippen LogP contribution in [0.3, 0.4) is 0 Å². The van der Waals surface area contributed by atoms with Crippen molar-refractivity contribution in [2.45, 2.75) is 67.9 Å². The molecular formula is C20H30O3. The number of ketones is 2. The SMILES string of the molecule is CC(C)(C)Oc1cc(C(=O)C(C)(C)C)ccc1C(=O)C(C)(C)C. The zero-order valence-corrected chi connectivity index (χ0v) is 16.0. The zero-order valence-electron chi connectivity index (χ0n) is 16.0. The van der Waals surface area contributed by atoms with Crippen LogP contribution in [0.25, 0.3) is 0 Å². The molecule has 0 atom stereocenters. The Kier molecular flexibility index (Phi) is 5.15. The van der Waals surface area contributed by atoms with Gasteiger partial charge in [0.1, 0.15) is 11.4 Å². The zero-order chi connectivity index (χ0) is 18.2. The number of hydrogen-bond donors (Lipinski definition) is 0. The van der Waals surface area contributed by atoms with Crippen LogP contribution >= 0.6 is 0 Å². The van der Waals surface area contributed by atoms with Crippen molar-refractivity contribution >= 4 is 11.6 Å². The molecule has 128 valence electrons. The number of hydrogen-bond acceptors (Lipinski definition) is 3. The van der Waals surface area contributed by atoms with Crippen molar-refractivity contribution in [3.8, 4) is 5.75 Å². The molecule has 1 aromatic rings. The third-order valence-corrected chi connectivity index (χ3v) is 3.27. The predicted molar refractivity (Wildman–Crippen MR) is 94.4 cm³/mol. The summed E-state index contributed by atoms with van der Waals surface area (Å²) in [6.07, 6.45) is 0. The number of benzene rings is 1. The molecule has 0 heterocycles. The van der Waals surface area contributed by atoms with E-state index in [1.165, 1.54) is 0 Å². The van der Waals surface area contributed by atoms with Gasteiger partial charge in [-0.25, -0.2) is 0 Å². The van der Waals surface area contributed by atoms with E-state index in [0.29, 0.717) is 16.9 Å². The van der Waals surface area contributed by atoms with Crippen molar-refractivity contribution in [3.05, 3.63) is 29.3 Å². The van der Waals surface area contributed by atoms with E-state index in [4.69, 9.17) is 4.74 Å². The van der Waals surface area contributed by atoms with E-state index in [1.54, 1.807) is 18.2 Å². The minimum Gasteiger partial charge on any atom is -0.487 e. The van der Waals surface area contributed by atoms with Gasteiger partial charge in [0.25, 0.3) is 0 Å². The molecule has 0 aliphatic carbocycles. The van der Waals surface area contributed by atoms with Gasteiger partial charge in [0.05, 0.1) is 5.56 Å². The second-order valence-electron chi connectivity index (χ2n) is 9.08. The van der Waals surface area contributed by atoms with Crippen LogP contribution in [0.15, 0.2) is 18.2 Å². The Labute approximate surface area is 140 Å². The van der Waals surface area contributed by atoms with Gasteiger partial charge in [-0.3, -0.25) is 9.59 Å².